The predicted octanol–water partition coefficient (Wildman–Crippen LogP) is 1.71. The van der Waals surface area contributed by atoms with Gasteiger partial charge in [0.1, 0.15) is 6.54 Å². The second kappa shape index (κ2) is 6.84. The number of carbonyl (C=O) groups is 2. The fourth-order valence-electron chi connectivity index (χ4n) is 2.04. The molecular formula is C15H18N4O3. The number of aromatic nitrogens is 3. The van der Waals surface area contributed by atoms with Crippen molar-refractivity contribution in [2.24, 2.45) is 0 Å². The molecule has 7 heteroatoms. The third kappa shape index (κ3) is 3.49. The van der Waals surface area contributed by atoms with Gasteiger partial charge in [-0.1, -0.05) is 0 Å². The Labute approximate surface area is 128 Å². The third-order valence-electron chi connectivity index (χ3n) is 3.13. The molecule has 7 nitrogen and oxygen atoms in total. The van der Waals surface area contributed by atoms with Crippen molar-refractivity contribution in [3.8, 4) is 0 Å². The highest BCUT2D eigenvalue weighted by Crippen LogP contribution is 2.20. The van der Waals surface area contributed by atoms with Crippen LogP contribution in [-0.2, 0) is 16.1 Å². The number of pyridine rings is 1. The molecule has 0 saturated carbocycles. The number of ether oxygens (including phenoxy) is 1. The molecule has 1 amide bonds. The van der Waals surface area contributed by atoms with Crippen molar-refractivity contribution in [3.05, 3.63) is 41.5 Å². The zero-order valence-electron chi connectivity index (χ0n) is 12.8. The average Bonchev–Trinajstić information content (AvgIpc) is 2.76. The van der Waals surface area contributed by atoms with Crippen LogP contribution in [-0.4, -0.2) is 33.2 Å². The molecule has 0 atom stereocenters. The van der Waals surface area contributed by atoms with Gasteiger partial charge in [0.05, 0.1) is 29.2 Å². The number of carbonyl (C=O) groups excluding carboxylic acids is 2. The van der Waals surface area contributed by atoms with E-state index < -0.39 is 0 Å². The maximum atomic E-state index is 12.2. The van der Waals surface area contributed by atoms with Crippen molar-refractivity contribution in [1.29, 1.82) is 0 Å². The Kier molecular flexibility index (Phi) is 4.88. The minimum atomic E-state index is -0.363. The van der Waals surface area contributed by atoms with Crippen LogP contribution in [0.5, 0.6) is 0 Å². The number of hydrogen-bond donors (Lipinski definition) is 1. The number of anilines is 1. The van der Waals surface area contributed by atoms with E-state index in [1.165, 1.54) is 10.9 Å². The van der Waals surface area contributed by atoms with Crippen LogP contribution in [0.15, 0.2) is 24.5 Å². The van der Waals surface area contributed by atoms with E-state index >= 15 is 0 Å². The van der Waals surface area contributed by atoms with Crippen LogP contribution in [0.3, 0.4) is 0 Å². The third-order valence-corrected chi connectivity index (χ3v) is 3.13. The Morgan fingerprint density at radius 1 is 1.36 bits per heavy atom. The summed E-state index contributed by atoms with van der Waals surface area (Å²) in [7, 11) is 0. The molecule has 22 heavy (non-hydrogen) atoms. The van der Waals surface area contributed by atoms with Crippen LogP contribution in [0.25, 0.3) is 0 Å². The molecule has 0 bridgehead atoms. The summed E-state index contributed by atoms with van der Waals surface area (Å²) in [6.45, 7) is 5.65. The molecule has 0 radical (unpaired) electrons. The van der Waals surface area contributed by atoms with Crippen molar-refractivity contribution in [2.75, 3.05) is 11.9 Å². The topological polar surface area (TPSA) is 86.1 Å². The van der Waals surface area contributed by atoms with Crippen LogP contribution in [0, 0.1) is 13.8 Å². The van der Waals surface area contributed by atoms with Crippen molar-refractivity contribution >= 4 is 17.6 Å². The largest absolute Gasteiger partial charge is 0.465 e. The molecule has 0 aliphatic carbocycles. The van der Waals surface area contributed by atoms with Gasteiger partial charge in [0.15, 0.2) is 0 Å². The highest BCUT2D eigenvalue weighted by Gasteiger charge is 2.17. The summed E-state index contributed by atoms with van der Waals surface area (Å²) < 4.78 is 6.42. The number of amides is 1. The first-order valence-electron chi connectivity index (χ1n) is 6.94. The molecule has 2 rings (SSSR count). The zero-order valence-corrected chi connectivity index (χ0v) is 12.8. The fourth-order valence-corrected chi connectivity index (χ4v) is 2.04. The quantitative estimate of drug-likeness (QED) is 0.850. The minimum absolute atomic E-state index is 0.0171. The summed E-state index contributed by atoms with van der Waals surface area (Å²) in [4.78, 5) is 27.6. The molecule has 2 heterocycles. The molecule has 2 aromatic rings. The van der Waals surface area contributed by atoms with Crippen molar-refractivity contribution < 1.29 is 14.3 Å². The summed E-state index contributed by atoms with van der Waals surface area (Å²) in [5.41, 5.74) is 2.39. The van der Waals surface area contributed by atoms with Gasteiger partial charge in [-0.3, -0.25) is 19.3 Å². The number of hydrogen-bond acceptors (Lipinski definition) is 5. The minimum Gasteiger partial charge on any atom is -0.465 e. The molecule has 0 aliphatic rings. The fraction of sp³-hybridized carbons (Fsp3) is 0.333. The first-order valence-corrected chi connectivity index (χ1v) is 6.94. The summed E-state index contributed by atoms with van der Waals surface area (Å²) >= 11 is 0. The SMILES string of the molecule is CCOC(=O)Cn1nc(C)c(NC(=O)c2cccnc2)c1C. The predicted molar refractivity (Wildman–Crippen MR) is 80.5 cm³/mol. The molecule has 2 aromatic heterocycles. The number of aryl methyl sites for hydroxylation is 1. The summed E-state index contributed by atoms with van der Waals surface area (Å²) in [5, 5.41) is 7.07. The van der Waals surface area contributed by atoms with Crippen molar-refractivity contribution in [3.63, 3.8) is 0 Å². The van der Waals surface area contributed by atoms with E-state index in [4.69, 9.17) is 4.74 Å². The monoisotopic (exact) mass is 302 g/mol. The maximum Gasteiger partial charge on any atom is 0.327 e. The van der Waals surface area contributed by atoms with Gasteiger partial charge < -0.3 is 10.1 Å². The van der Waals surface area contributed by atoms with Gasteiger partial charge in [0.2, 0.25) is 0 Å². The van der Waals surface area contributed by atoms with Crippen LogP contribution in [0.1, 0.15) is 28.7 Å². The molecule has 0 aliphatic heterocycles. The number of nitrogens with zero attached hydrogens (tertiary/aromatic N) is 3. The summed E-state index contributed by atoms with van der Waals surface area (Å²) in [6, 6.07) is 3.37. The summed E-state index contributed by atoms with van der Waals surface area (Å²) in [6.07, 6.45) is 3.09. The Hall–Kier alpha value is -2.70. The van der Waals surface area contributed by atoms with Gasteiger partial charge in [-0.2, -0.15) is 5.10 Å². The Morgan fingerprint density at radius 3 is 2.77 bits per heavy atom. The van der Waals surface area contributed by atoms with E-state index in [1.807, 2.05) is 0 Å². The van der Waals surface area contributed by atoms with Crippen molar-refractivity contribution in [2.45, 2.75) is 27.3 Å². The lowest BCUT2D eigenvalue weighted by Crippen LogP contribution is -2.16. The van der Waals surface area contributed by atoms with Crippen LogP contribution in [0.4, 0.5) is 5.69 Å². The normalized spacial score (nSPS) is 10.3. The Bertz CT molecular complexity index is 680. The number of rotatable bonds is 5. The molecule has 0 spiro atoms. The lowest BCUT2D eigenvalue weighted by Gasteiger charge is -2.07. The van der Waals surface area contributed by atoms with E-state index in [2.05, 4.69) is 15.4 Å². The van der Waals surface area contributed by atoms with Gasteiger partial charge in [-0.25, -0.2) is 0 Å². The highest BCUT2D eigenvalue weighted by molar-refractivity contribution is 6.04. The molecule has 0 fully saturated rings. The molecule has 116 valence electrons. The van der Waals surface area contributed by atoms with E-state index in [1.54, 1.807) is 39.1 Å². The smallest absolute Gasteiger partial charge is 0.327 e. The van der Waals surface area contributed by atoms with Crippen LogP contribution >= 0.6 is 0 Å². The van der Waals surface area contributed by atoms with Gasteiger partial charge in [-0.05, 0) is 32.9 Å². The lowest BCUT2D eigenvalue weighted by atomic mass is 10.2. The Balaban J connectivity index is 2.17. The first-order chi connectivity index (χ1) is 10.5. The van der Waals surface area contributed by atoms with Crippen LogP contribution < -0.4 is 5.32 Å². The summed E-state index contributed by atoms with van der Waals surface area (Å²) in [5.74, 6) is -0.631. The second-order valence-electron chi connectivity index (χ2n) is 4.70. The lowest BCUT2D eigenvalue weighted by molar-refractivity contribution is -0.144. The molecule has 0 unspecified atom stereocenters. The van der Waals surface area contributed by atoms with E-state index in [9.17, 15) is 9.59 Å². The van der Waals surface area contributed by atoms with Crippen LogP contribution in [0.2, 0.25) is 0 Å². The Morgan fingerprint density at radius 2 is 2.14 bits per heavy atom. The second-order valence-corrected chi connectivity index (χ2v) is 4.70. The molecule has 1 N–H and O–H groups in total. The standard InChI is InChI=1S/C15H18N4O3/c1-4-22-13(20)9-19-11(3)14(10(2)18-19)17-15(21)12-6-5-7-16-8-12/h5-8H,4,9H2,1-3H3,(H,17,21). The average molecular weight is 302 g/mol. The molecule has 0 aromatic carbocycles. The van der Waals surface area contributed by atoms with Crippen molar-refractivity contribution in [1.82, 2.24) is 14.8 Å². The van der Waals surface area contributed by atoms with E-state index in [-0.39, 0.29) is 18.4 Å². The number of esters is 1. The van der Waals surface area contributed by atoms with E-state index in [0.717, 1.165) is 0 Å². The zero-order chi connectivity index (χ0) is 16.1. The van der Waals surface area contributed by atoms with Gasteiger partial charge in [-0.15, -0.1) is 0 Å². The number of nitrogens with one attached hydrogen (secondary N) is 1. The maximum absolute atomic E-state index is 12.2. The van der Waals surface area contributed by atoms with Gasteiger partial charge in [0.25, 0.3) is 5.91 Å². The highest BCUT2D eigenvalue weighted by atomic mass is 16.5. The molecule has 0 saturated heterocycles. The molecular weight excluding hydrogens is 284 g/mol. The van der Waals surface area contributed by atoms with E-state index in [0.29, 0.717) is 29.2 Å². The van der Waals surface area contributed by atoms with Gasteiger partial charge >= 0.3 is 5.97 Å². The first kappa shape index (κ1) is 15.7. The van der Waals surface area contributed by atoms with Gasteiger partial charge in [0, 0.05) is 12.4 Å².